The van der Waals surface area contributed by atoms with Gasteiger partial charge in [0.1, 0.15) is 5.54 Å². The van der Waals surface area contributed by atoms with Crippen LogP contribution in [0.15, 0.2) is 4.99 Å². The van der Waals surface area contributed by atoms with Gasteiger partial charge >= 0.3 is 6.03 Å². The highest BCUT2D eigenvalue weighted by Crippen LogP contribution is 2.30. The molecule has 0 saturated carbocycles. The Hall–Kier alpha value is -1.87. The molecule has 158 valence electrons. The number of aliphatic imine (C=N–C) groups is 1. The first-order valence-electron chi connectivity index (χ1n) is 10.2. The lowest BCUT2D eigenvalue weighted by atomic mass is 9.79. The Kier molecular flexibility index (Phi) is 6.14. The molecule has 0 radical (unpaired) electrons. The molecule has 28 heavy (non-hydrogen) atoms. The van der Waals surface area contributed by atoms with Crippen molar-refractivity contribution in [2.45, 2.75) is 44.8 Å². The van der Waals surface area contributed by atoms with E-state index >= 15 is 0 Å². The quantitative estimate of drug-likeness (QED) is 0.352. The van der Waals surface area contributed by atoms with Gasteiger partial charge in [0, 0.05) is 46.3 Å². The number of likely N-dealkylation sites (tertiary alicyclic amines) is 1. The van der Waals surface area contributed by atoms with Gasteiger partial charge in [-0.3, -0.25) is 20.0 Å². The fourth-order valence-corrected chi connectivity index (χ4v) is 4.48. The number of guanidine groups is 1. The molecule has 3 aliphatic heterocycles. The zero-order valence-corrected chi connectivity index (χ0v) is 17.5. The number of carbonyl (C=O) groups excluding carboxylic acids is 2. The lowest BCUT2D eigenvalue weighted by molar-refractivity contribution is -0.125. The van der Waals surface area contributed by atoms with Crippen molar-refractivity contribution < 1.29 is 14.3 Å². The van der Waals surface area contributed by atoms with E-state index in [1.807, 2.05) is 6.92 Å². The summed E-state index contributed by atoms with van der Waals surface area (Å²) in [7, 11) is 1.80. The Labute approximate surface area is 167 Å². The molecule has 3 rings (SSSR count). The maximum atomic E-state index is 12.2. The Morgan fingerprint density at radius 2 is 1.96 bits per heavy atom. The summed E-state index contributed by atoms with van der Waals surface area (Å²) in [6, 6.07) is -0.390. The molecule has 0 aromatic rings. The minimum atomic E-state index is -0.802. The first-order chi connectivity index (χ1) is 13.2. The molecule has 3 amide bonds. The molecule has 0 aromatic heterocycles. The standard InChI is InChI=1S/C19H34N6O3/c1-18(2)13-24(11-12-28-18)10-7-21-16(20-4)25-8-5-14(6-9-25)19(3)15(26)22-17(27)23-19/h14H,5-13H2,1-4H3,(H,20,21)(H2,22,23,26,27). The van der Waals surface area contributed by atoms with E-state index in [0.717, 1.165) is 64.7 Å². The molecule has 0 aromatic carbocycles. The van der Waals surface area contributed by atoms with Gasteiger partial charge in [-0.05, 0) is 39.5 Å². The molecular formula is C19H34N6O3. The van der Waals surface area contributed by atoms with Crippen LogP contribution in [0.25, 0.3) is 0 Å². The van der Waals surface area contributed by atoms with Crippen LogP contribution in [0, 0.1) is 5.92 Å². The molecule has 3 saturated heterocycles. The summed E-state index contributed by atoms with van der Waals surface area (Å²) in [5.74, 6) is 0.812. The molecule has 3 fully saturated rings. The largest absolute Gasteiger partial charge is 0.373 e. The molecule has 3 heterocycles. The van der Waals surface area contributed by atoms with Crippen molar-refractivity contribution in [3.63, 3.8) is 0 Å². The molecule has 0 aliphatic carbocycles. The van der Waals surface area contributed by atoms with Crippen LogP contribution in [0.2, 0.25) is 0 Å². The van der Waals surface area contributed by atoms with Crippen molar-refractivity contribution in [2.24, 2.45) is 10.9 Å². The van der Waals surface area contributed by atoms with E-state index in [-0.39, 0.29) is 17.4 Å². The third-order valence-corrected chi connectivity index (χ3v) is 6.11. The van der Waals surface area contributed by atoms with Crippen LogP contribution in [0.5, 0.6) is 0 Å². The molecule has 0 bridgehead atoms. The number of amides is 3. The minimum Gasteiger partial charge on any atom is -0.373 e. The molecule has 9 heteroatoms. The van der Waals surface area contributed by atoms with Crippen molar-refractivity contribution in [3.05, 3.63) is 0 Å². The summed E-state index contributed by atoms with van der Waals surface area (Å²) in [5.41, 5.74) is -0.886. The summed E-state index contributed by atoms with van der Waals surface area (Å²) in [6.07, 6.45) is 1.67. The molecule has 1 unspecified atom stereocenters. The van der Waals surface area contributed by atoms with Crippen molar-refractivity contribution in [1.29, 1.82) is 0 Å². The van der Waals surface area contributed by atoms with E-state index in [9.17, 15) is 9.59 Å². The number of carbonyl (C=O) groups is 2. The van der Waals surface area contributed by atoms with E-state index in [2.05, 4.69) is 44.6 Å². The number of rotatable bonds is 4. The lowest BCUT2D eigenvalue weighted by Crippen LogP contribution is -2.56. The fraction of sp³-hybridized carbons (Fsp3) is 0.842. The van der Waals surface area contributed by atoms with Gasteiger partial charge in [-0.2, -0.15) is 0 Å². The number of nitrogens with zero attached hydrogens (tertiary/aromatic N) is 3. The van der Waals surface area contributed by atoms with Crippen molar-refractivity contribution in [3.8, 4) is 0 Å². The molecule has 1 atom stereocenters. The first kappa shape index (κ1) is 20.9. The number of ether oxygens (including phenoxy) is 1. The molecule has 0 spiro atoms. The SMILES string of the molecule is CN=C(NCCN1CCOC(C)(C)C1)N1CCC(C2(C)NC(=O)NC2=O)CC1. The van der Waals surface area contributed by atoms with Crippen LogP contribution in [-0.4, -0.2) is 91.8 Å². The van der Waals surface area contributed by atoms with Crippen LogP contribution >= 0.6 is 0 Å². The highest BCUT2D eigenvalue weighted by Gasteiger charge is 2.48. The number of piperidine rings is 1. The predicted molar refractivity (Wildman–Crippen MR) is 107 cm³/mol. The van der Waals surface area contributed by atoms with Gasteiger partial charge in [0.05, 0.1) is 12.2 Å². The summed E-state index contributed by atoms with van der Waals surface area (Å²) in [6.45, 7) is 12.2. The van der Waals surface area contributed by atoms with E-state index in [1.165, 1.54) is 0 Å². The number of imide groups is 1. The molecular weight excluding hydrogens is 360 g/mol. The average Bonchev–Trinajstić information content (AvgIpc) is 2.91. The van der Waals surface area contributed by atoms with Crippen LogP contribution in [0.3, 0.4) is 0 Å². The molecule has 9 nitrogen and oxygen atoms in total. The van der Waals surface area contributed by atoms with Crippen molar-refractivity contribution in [2.75, 3.05) is 52.9 Å². The first-order valence-corrected chi connectivity index (χ1v) is 10.2. The number of hydrogen-bond donors (Lipinski definition) is 3. The summed E-state index contributed by atoms with van der Waals surface area (Å²) >= 11 is 0. The zero-order valence-electron chi connectivity index (χ0n) is 17.5. The summed E-state index contributed by atoms with van der Waals surface area (Å²) in [4.78, 5) is 32.8. The topological polar surface area (TPSA) is 98.3 Å². The zero-order chi connectivity index (χ0) is 20.4. The fourth-order valence-electron chi connectivity index (χ4n) is 4.48. The van der Waals surface area contributed by atoms with Crippen LogP contribution in [0.4, 0.5) is 4.79 Å². The maximum absolute atomic E-state index is 12.2. The second-order valence-electron chi connectivity index (χ2n) is 8.73. The second-order valence-corrected chi connectivity index (χ2v) is 8.73. The molecule has 3 N–H and O–H groups in total. The van der Waals surface area contributed by atoms with Gasteiger partial charge in [0.15, 0.2) is 5.96 Å². The van der Waals surface area contributed by atoms with Crippen LogP contribution in [-0.2, 0) is 9.53 Å². The predicted octanol–water partition coefficient (Wildman–Crippen LogP) is -0.0173. The minimum absolute atomic E-state index is 0.0835. The number of hydrogen-bond acceptors (Lipinski definition) is 5. The lowest BCUT2D eigenvalue weighted by Gasteiger charge is -2.40. The van der Waals surface area contributed by atoms with E-state index in [4.69, 9.17) is 4.74 Å². The van der Waals surface area contributed by atoms with E-state index in [0.29, 0.717) is 0 Å². The third-order valence-electron chi connectivity index (χ3n) is 6.11. The monoisotopic (exact) mass is 394 g/mol. The van der Waals surface area contributed by atoms with Gasteiger partial charge in [0.25, 0.3) is 5.91 Å². The summed E-state index contributed by atoms with van der Waals surface area (Å²) in [5, 5.41) is 8.64. The van der Waals surface area contributed by atoms with Gasteiger partial charge in [-0.1, -0.05) is 0 Å². The normalized spacial score (nSPS) is 29.6. The van der Waals surface area contributed by atoms with E-state index < -0.39 is 11.6 Å². The Balaban J connectivity index is 1.45. The highest BCUT2D eigenvalue weighted by molar-refractivity contribution is 6.07. The molecule has 3 aliphatic rings. The van der Waals surface area contributed by atoms with Gasteiger partial charge in [-0.15, -0.1) is 0 Å². The van der Waals surface area contributed by atoms with Crippen LogP contribution in [0.1, 0.15) is 33.6 Å². The highest BCUT2D eigenvalue weighted by atomic mass is 16.5. The van der Waals surface area contributed by atoms with E-state index in [1.54, 1.807) is 7.05 Å². The number of morpholine rings is 1. The number of nitrogens with one attached hydrogen (secondary N) is 3. The van der Waals surface area contributed by atoms with Crippen LogP contribution < -0.4 is 16.0 Å². The smallest absolute Gasteiger partial charge is 0.322 e. The Bertz CT molecular complexity index is 629. The van der Waals surface area contributed by atoms with Crippen molar-refractivity contribution >= 4 is 17.9 Å². The maximum Gasteiger partial charge on any atom is 0.322 e. The average molecular weight is 395 g/mol. The Morgan fingerprint density at radius 3 is 2.54 bits per heavy atom. The summed E-state index contributed by atoms with van der Waals surface area (Å²) < 4.78 is 5.77. The third kappa shape index (κ3) is 4.57. The van der Waals surface area contributed by atoms with Crippen molar-refractivity contribution in [1.82, 2.24) is 25.8 Å². The van der Waals surface area contributed by atoms with Gasteiger partial charge in [-0.25, -0.2) is 4.79 Å². The Morgan fingerprint density at radius 1 is 1.25 bits per heavy atom. The number of urea groups is 1. The van der Waals surface area contributed by atoms with Gasteiger partial charge < -0.3 is 20.3 Å². The van der Waals surface area contributed by atoms with Gasteiger partial charge in [0.2, 0.25) is 0 Å². The second kappa shape index (κ2) is 8.24.